The molecule has 1 rings (SSSR count). The predicted molar refractivity (Wildman–Crippen MR) is 67.1 cm³/mol. The zero-order chi connectivity index (χ0) is 12.4. The van der Waals surface area contributed by atoms with Gasteiger partial charge in [-0.1, -0.05) is 32.6 Å². The first kappa shape index (κ1) is 12.7. The second-order valence-electron chi connectivity index (χ2n) is 6.05. The van der Waals surface area contributed by atoms with E-state index in [9.17, 15) is 0 Å². The molecule has 0 amide bonds. The van der Waals surface area contributed by atoms with E-state index < -0.39 is 0 Å². The second-order valence-corrected chi connectivity index (χ2v) is 6.05. The van der Waals surface area contributed by atoms with Gasteiger partial charge in [-0.05, 0) is 20.8 Å². The lowest BCUT2D eigenvalue weighted by Crippen LogP contribution is -2.15. The Bertz CT molecular complexity index is 405. The molecule has 0 bridgehead atoms. The van der Waals surface area contributed by atoms with Gasteiger partial charge in [-0.2, -0.15) is 0 Å². The summed E-state index contributed by atoms with van der Waals surface area (Å²) in [6, 6.07) is 0. The maximum absolute atomic E-state index is 4.34. The van der Waals surface area contributed by atoms with E-state index >= 15 is 0 Å². The van der Waals surface area contributed by atoms with Crippen LogP contribution in [0.2, 0.25) is 0 Å². The van der Waals surface area contributed by atoms with E-state index in [1.54, 1.807) is 12.4 Å². The minimum Gasteiger partial charge on any atom is -0.240 e. The Morgan fingerprint density at radius 3 is 1.81 bits per heavy atom. The fourth-order valence-electron chi connectivity index (χ4n) is 1.04. The molecule has 1 aromatic rings. The van der Waals surface area contributed by atoms with Crippen molar-refractivity contribution in [3.8, 4) is 11.8 Å². The largest absolute Gasteiger partial charge is 0.240 e. The third-order valence-electron chi connectivity index (χ3n) is 1.90. The summed E-state index contributed by atoms with van der Waals surface area (Å²) in [6.45, 7) is 12.6. The van der Waals surface area contributed by atoms with Crippen LogP contribution in [0.1, 0.15) is 52.9 Å². The van der Waals surface area contributed by atoms with Gasteiger partial charge >= 0.3 is 0 Å². The zero-order valence-electron chi connectivity index (χ0n) is 11.0. The summed E-state index contributed by atoms with van der Waals surface area (Å²) in [5.41, 5.74) is 0.890. The Balaban J connectivity index is 2.91. The van der Waals surface area contributed by atoms with E-state index in [-0.39, 0.29) is 10.8 Å². The van der Waals surface area contributed by atoms with E-state index in [4.69, 9.17) is 0 Å². The normalized spacial score (nSPS) is 11.9. The lowest BCUT2D eigenvalue weighted by molar-refractivity contribution is 0.544. The van der Waals surface area contributed by atoms with Gasteiger partial charge in [-0.25, -0.2) is 9.97 Å². The van der Waals surface area contributed by atoms with Crippen LogP contribution >= 0.6 is 0 Å². The van der Waals surface area contributed by atoms with Crippen molar-refractivity contribution >= 4 is 0 Å². The van der Waals surface area contributed by atoms with Crippen molar-refractivity contribution in [2.75, 3.05) is 0 Å². The van der Waals surface area contributed by atoms with Crippen molar-refractivity contribution in [1.29, 1.82) is 0 Å². The molecule has 86 valence electrons. The van der Waals surface area contributed by atoms with E-state index in [0.29, 0.717) is 0 Å². The quantitative estimate of drug-likeness (QED) is 0.622. The highest BCUT2D eigenvalue weighted by molar-refractivity contribution is 5.31. The molecule has 16 heavy (non-hydrogen) atoms. The zero-order valence-corrected chi connectivity index (χ0v) is 11.0. The average molecular weight is 216 g/mol. The van der Waals surface area contributed by atoms with E-state index in [0.717, 1.165) is 11.4 Å². The maximum Gasteiger partial charge on any atom is 0.133 e. The third-order valence-corrected chi connectivity index (χ3v) is 1.90. The van der Waals surface area contributed by atoms with Crippen LogP contribution in [-0.4, -0.2) is 9.97 Å². The standard InChI is InChI=1S/C14H20N2/c1-13(2,3)8-7-11-9-15-12(16-10-11)14(4,5)6/h9-10H,1-6H3. The lowest BCUT2D eigenvalue weighted by atomic mass is 9.95. The monoisotopic (exact) mass is 216 g/mol. The molecule has 0 radical (unpaired) electrons. The second kappa shape index (κ2) is 4.25. The van der Waals surface area contributed by atoms with Crippen LogP contribution in [0.15, 0.2) is 12.4 Å². The summed E-state index contributed by atoms with van der Waals surface area (Å²) >= 11 is 0. The van der Waals surface area contributed by atoms with Crippen molar-refractivity contribution < 1.29 is 0 Å². The van der Waals surface area contributed by atoms with Gasteiger partial charge in [-0.3, -0.25) is 0 Å². The van der Waals surface area contributed by atoms with Crippen LogP contribution < -0.4 is 0 Å². The Kier molecular flexibility index (Phi) is 3.38. The fourth-order valence-corrected chi connectivity index (χ4v) is 1.04. The summed E-state index contributed by atoms with van der Waals surface area (Å²) in [5.74, 6) is 7.11. The molecule has 0 saturated heterocycles. The minimum absolute atomic E-state index is 0.00398. The summed E-state index contributed by atoms with van der Waals surface area (Å²) < 4.78 is 0. The van der Waals surface area contributed by atoms with Crippen LogP contribution in [0.5, 0.6) is 0 Å². The molecule has 2 nitrogen and oxygen atoms in total. The molecule has 0 aliphatic heterocycles. The molecule has 0 aromatic carbocycles. The molecule has 0 fully saturated rings. The van der Waals surface area contributed by atoms with Gasteiger partial charge in [0.2, 0.25) is 0 Å². The van der Waals surface area contributed by atoms with Crippen LogP contribution in [0.4, 0.5) is 0 Å². The predicted octanol–water partition coefficient (Wildman–Crippen LogP) is 3.17. The Morgan fingerprint density at radius 1 is 0.938 bits per heavy atom. The molecule has 0 saturated carbocycles. The highest BCUT2D eigenvalue weighted by Crippen LogP contribution is 2.17. The topological polar surface area (TPSA) is 25.8 Å². The van der Waals surface area contributed by atoms with Crippen LogP contribution in [0.3, 0.4) is 0 Å². The smallest absolute Gasteiger partial charge is 0.133 e. The fraction of sp³-hybridized carbons (Fsp3) is 0.571. The number of hydrogen-bond donors (Lipinski definition) is 0. The van der Waals surface area contributed by atoms with Crippen LogP contribution in [0.25, 0.3) is 0 Å². The minimum atomic E-state index is -0.00398. The van der Waals surface area contributed by atoms with Gasteiger partial charge < -0.3 is 0 Å². The summed E-state index contributed by atoms with van der Waals surface area (Å²) in [6.07, 6.45) is 3.60. The Labute approximate surface area is 98.5 Å². The molecule has 0 aliphatic rings. The first-order chi connectivity index (χ1) is 7.18. The van der Waals surface area contributed by atoms with E-state index in [2.05, 4.69) is 63.4 Å². The maximum atomic E-state index is 4.34. The van der Waals surface area contributed by atoms with Crippen LogP contribution in [-0.2, 0) is 5.41 Å². The van der Waals surface area contributed by atoms with Crippen molar-refractivity contribution in [3.05, 3.63) is 23.8 Å². The van der Waals surface area contributed by atoms with Gasteiger partial charge in [0.05, 0.1) is 5.56 Å². The lowest BCUT2D eigenvalue weighted by Gasteiger charge is -2.15. The highest BCUT2D eigenvalue weighted by Gasteiger charge is 2.16. The molecule has 0 N–H and O–H groups in total. The van der Waals surface area contributed by atoms with E-state index in [1.807, 2.05) is 0 Å². The van der Waals surface area contributed by atoms with Gasteiger partial charge in [0.15, 0.2) is 0 Å². The molecule has 0 spiro atoms. The van der Waals surface area contributed by atoms with Gasteiger partial charge in [0.25, 0.3) is 0 Å². The molecule has 1 heterocycles. The average Bonchev–Trinajstić information content (AvgIpc) is 2.13. The number of rotatable bonds is 0. The van der Waals surface area contributed by atoms with Crippen molar-refractivity contribution in [2.45, 2.75) is 47.0 Å². The molecular weight excluding hydrogens is 196 g/mol. The van der Waals surface area contributed by atoms with Gasteiger partial charge in [-0.15, -0.1) is 0 Å². The first-order valence-corrected chi connectivity index (χ1v) is 5.54. The first-order valence-electron chi connectivity index (χ1n) is 5.54. The molecular formula is C14H20N2. The number of hydrogen-bond acceptors (Lipinski definition) is 2. The van der Waals surface area contributed by atoms with E-state index in [1.165, 1.54) is 0 Å². The van der Waals surface area contributed by atoms with Crippen molar-refractivity contribution in [2.24, 2.45) is 5.41 Å². The molecule has 0 atom stereocenters. The number of nitrogens with zero attached hydrogens (tertiary/aromatic N) is 2. The number of aromatic nitrogens is 2. The van der Waals surface area contributed by atoms with Crippen molar-refractivity contribution in [1.82, 2.24) is 9.97 Å². The van der Waals surface area contributed by atoms with Crippen LogP contribution in [0, 0.1) is 17.3 Å². The summed E-state index contributed by atoms with van der Waals surface area (Å²) in [7, 11) is 0. The van der Waals surface area contributed by atoms with Gasteiger partial charge in [0.1, 0.15) is 5.82 Å². The third kappa shape index (κ3) is 4.02. The SMILES string of the molecule is CC(C)(C)C#Cc1cnc(C(C)(C)C)nc1. The Hall–Kier alpha value is -1.36. The van der Waals surface area contributed by atoms with Gasteiger partial charge in [0, 0.05) is 23.2 Å². The summed E-state index contributed by atoms with van der Waals surface area (Å²) in [5, 5.41) is 0. The molecule has 0 aliphatic carbocycles. The highest BCUT2D eigenvalue weighted by atomic mass is 14.9. The summed E-state index contributed by atoms with van der Waals surface area (Å²) in [4.78, 5) is 8.67. The molecule has 2 heteroatoms. The molecule has 1 aromatic heterocycles. The van der Waals surface area contributed by atoms with Crippen molar-refractivity contribution in [3.63, 3.8) is 0 Å². The molecule has 0 unspecified atom stereocenters. The Morgan fingerprint density at radius 2 is 1.44 bits per heavy atom.